The van der Waals surface area contributed by atoms with Gasteiger partial charge in [0.25, 0.3) is 0 Å². The van der Waals surface area contributed by atoms with Crippen LogP contribution in [0.3, 0.4) is 0 Å². The van der Waals surface area contributed by atoms with Crippen molar-refractivity contribution in [3.63, 3.8) is 0 Å². The normalized spacial score (nSPS) is 11.3. The van der Waals surface area contributed by atoms with E-state index in [1.807, 2.05) is 6.07 Å². The van der Waals surface area contributed by atoms with Crippen molar-refractivity contribution in [2.45, 2.75) is 6.92 Å². The lowest BCUT2D eigenvalue weighted by Gasteiger charge is -2.07. The van der Waals surface area contributed by atoms with Crippen LogP contribution in [0.25, 0.3) is 11.4 Å². The first kappa shape index (κ1) is 14.3. The van der Waals surface area contributed by atoms with E-state index in [-0.39, 0.29) is 5.75 Å². The van der Waals surface area contributed by atoms with Crippen molar-refractivity contribution in [2.24, 2.45) is 0 Å². The zero-order valence-corrected chi connectivity index (χ0v) is 12.6. The zero-order chi connectivity index (χ0) is 15.6. The Morgan fingerprint density at radius 3 is 2.41 bits per heavy atom. The molecule has 0 atom stereocenters. The van der Waals surface area contributed by atoms with Crippen LogP contribution in [0.15, 0.2) is 60.8 Å². The van der Waals surface area contributed by atoms with Crippen LogP contribution < -0.4 is 4.18 Å². The second-order valence-electron chi connectivity index (χ2n) is 4.58. The molecule has 112 valence electrons. The molecule has 2 aromatic heterocycles. The van der Waals surface area contributed by atoms with E-state index in [1.165, 1.54) is 0 Å². The van der Waals surface area contributed by atoms with Crippen molar-refractivity contribution in [3.05, 3.63) is 66.5 Å². The summed E-state index contributed by atoms with van der Waals surface area (Å²) in [6.07, 6.45) is 1.62. The highest BCUT2D eigenvalue weighted by molar-refractivity contribution is 7.85. The van der Waals surface area contributed by atoms with Gasteiger partial charge in [-0.1, -0.05) is 24.3 Å². The Labute approximate surface area is 128 Å². The number of hydrogen-bond donors (Lipinski definition) is 0. The Balaban J connectivity index is 1.96. The van der Waals surface area contributed by atoms with E-state index in [4.69, 9.17) is 4.18 Å². The van der Waals surface area contributed by atoms with E-state index in [0.29, 0.717) is 17.1 Å². The standard InChI is InChI=1S/C15H13N3O3S/c1-12-11-15(14-9-5-6-10-16-14)17-18(12)22(19,20)21-13-7-3-2-4-8-13/h2-11H,1H3. The van der Waals surface area contributed by atoms with Crippen LogP contribution in [0.4, 0.5) is 0 Å². The Bertz CT molecular complexity index is 875. The van der Waals surface area contributed by atoms with Gasteiger partial charge in [-0.05, 0) is 37.3 Å². The summed E-state index contributed by atoms with van der Waals surface area (Å²) in [6.45, 7) is 1.64. The molecular weight excluding hydrogens is 302 g/mol. The number of rotatable bonds is 4. The molecule has 0 saturated heterocycles. The van der Waals surface area contributed by atoms with Gasteiger partial charge in [0.05, 0.1) is 11.4 Å². The smallest absolute Gasteiger partial charge is 0.366 e. The monoisotopic (exact) mass is 315 g/mol. The highest BCUT2D eigenvalue weighted by Gasteiger charge is 2.21. The average molecular weight is 315 g/mol. The summed E-state index contributed by atoms with van der Waals surface area (Å²) >= 11 is 0. The molecule has 3 rings (SSSR count). The van der Waals surface area contributed by atoms with Gasteiger partial charge in [0.2, 0.25) is 0 Å². The Kier molecular flexibility index (Phi) is 3.64. The minimum atomic E-state index is -4.05. The summed E-state index contributed by atoms with van der Waals surface area (Å²) in [7, 11) is -4.05. The van der Waals surface area contributed by atoms with Gasteiger partial charge in [-0.3, -0.25) is 4.98 Å². The molecule has 1 aromatic carbocycles. The van der Waals surface area contributed by atoms with Gasteiger partial charge in [-0.25, -0.2) is 0 Å². The van der Waals surface area contributed by atoms with Crippen LogP contribution in [0, 0.1) is 6.92 Å². The minimum absolute atomic E-state index is 0.233. The maximum absolute atomic E-state index is 12.3. The number of para-hydroxylation sites is 1. The first-order valence-corrected chi connectivity index (χ1v) is 7.91. The highest BCUT2D eigenvalue weighted by atomic mass is 32.2. The second-order valence-corrected chi connectivity index (χ2v) is 5.95. The summed E-state index contributed by atoms with van der Waals surface area (Å²) in [5.41, 5.74) is 1.51. The number of aryl methyl sites for hydroxylation is 1. The Morgan fingerprint density at radius 1 is 1.00 bits per heavy atom. The number of pyridine rings is 1. The molecule has 6 nitrogen and oxygen atoms in total. The van der Waals surface area contributed by atoms with Crippen molar-refractivity contribution in [2.75, 3.05) is 0 Å². The molecule has 0 aliphatic carbocycles. The van der Waals surface area contributed by atoms with Crippen LogP contribution in [0.1, 0.15) is 5.69 Å². The van der Waals surface area contributed by atoms with Crippen LogP contribution in [-0.4, -0.2) is 22.6 Å². The molecule has 7 heteroatoms. The minimum Gasteiger partial charge on any atom is -0.366 e. The van der Waals surface area contributed by atoms with Crippen molar-refractivity contribution in [1.29, 1.82) is 0 Å². The van der Waals surface area contributed by atoms with E-state index in [9.17, 15) is 8.42 Å². The maximum atomic E-state index is 12.3. The first-order chi connectivity index (χ1) is 10.6. The number of benzene rings is 1. The van der Waals surface area contributed by atoms with Gasteiger partial charge in [-0.2, -0.15) is 13.5 Å². The molecular formula is C15H13N3O3S. The van der Waals surface area contributed by atoms with E-state index in [2.05, 4.69) is 10.1 Å². The van der Waals surface area contributed by atoms with Gasteiger partial charge in [-0.15, -0.1) is 4.09 Å². The molecule has 0 bridgehead atoms. The van der Waals surface area contributed by atoms with Gasteiger partial charge in [0, 0.05) is 6.20 Å². The van der Waals surface area contributed by atoms with Crippen LogP contribution in [0.2, 0.25) is 0 Å². The van der Waals surface area contributed by atoms with Crippen LogP contribution in [-0.2, 0) is 10.3 Å². The molecule has 0 spiro atoms. The summed E-state index contributed by atoms with van der Waals surface area (Å²) in [5, 5.41) is 4.09. The lowest BCUT2D eigenvalue weighted by molar-refractivity contribution is 0.468. The predicted molar refractivity (Wildman–Crippen MR) is 81.6 cm³/mol. The molecule has 0 radical (unpaired) electrons. The summed E-state index contributed by atoms with van der Waals surface area (Å²) in [4.78, 5) is 4.16. The number of nitrogens with zero attached hydrogens (tertiary/aromatic N) is 3. The SMILES string of the molecule is Cc1cc(-c2ccccn2)nn1S(=O)(=O)Oc1ccccc1. The quantitative estimate of drug-likeness (QED) is 0.739. The fourth-order valence-corrected chi connectivity index (χ4v) is 2.98. The zero-order valence-electron chi connectivity index (χ0n) is 11.7. The first-order valence-electron chi connectivity index (χ1n) is 6.54. The van der Waals surface area contributed by atoms with Crippen LogP contribution >= 0.6 is 0 Å². The summed E-state index contributed by atoms with van der Waals surface area (Å²) in [5.74, 6) is 0.233. The third kappa shape index (κ3) is 2.84. The predicted octanol–water partition coefficient (Wildman–Crippen LogP) is 2.43. The molecule has 0 aliphatic rings. The third-order valence-corrected chi connectivity index (χ3v) is 4.13. The van der Waals surface area contributed by atoms with E-state index in [1.54, 1.807) is 61.7 Å². The number of aromatic nitrogens is 3. The number of hydrogen-bond acceptors (Lipinski definition) is 5. The molecule has 0 unspecified atom stereocenters. The fraction of sp³-hybridized carbons (Fsp3) is 0.0667. The molecule has 2 heterocycles. The highest BCUT2D eigenvalue weighted by Crippen LogP contribution is 2.19. The largest absolute Gasteiger partial charge is 0.429 e. The molecule has 22 heavy (non-hydrogen) atoms. The molecule has 0 saturated carbocycles. The van der Waals surface area contributed by atoms with Gasteiger partial charge < -0.3 is 4.18 Å². The van der Waals surface area contributed by atoms with Gasteiger partial charge >= 0.3 is 10.3 Å². The molecule has 0 N–H and O–H groups in total. The molecule has 3 aromatic rings. The van der Waals surface area contributed by atoms with Crippen molar-refractivity contribution >= 4 is 10.3 Å². The van der Waals surface area contributed by atoms with Gasteiger partial charge in [0.15, 0.2) is 0 Å². The fourth-order valence-electron chi connectivity index (χ4n) is 1.96. The lowest BCUT2D eigenvalue weighted by atomic mass is 10.2. The van der Waals surface area contributed by atoms with Gasteiger partial charge in [0.1, 0.15) is 11.4 Å². The molecule has 0 fully saturated rings. The topological polar surface area (TPSA) is 74.1 Å². The average Bonchev–Trinajstić information content (AvgIpc) is 2.92. The van der Waals surface area contributed by atoms with E-state index >= 15 is 0 Å². The second kappa shape index (κ2) is 5.61. The lowest BCUT2D eigenvalue weighted by Crippen LogP contribution is -2.21. The van der Waals surface area contributed by atoms with Crippen molar-refractivity contribution in [3.8, 4) is 17.1 Å². The Hall–Kier alpha value is -2.67. The van der Waals surface area contributed by atoms with E-state index in [0.717, 1.165) is 4.09 Å². The van der Waals surface area contributed by atoms with Crippen LogP contribution in [0.5, 0.6) is 5.75 Å². The summed E-state index contributed by atoms with van der Waals surface area (Å²) in [6, 6.07) is 15.3. The Morgan fingerprint density at radius 2 is 1.73 bits per heavy atom. The van der Waals surface area contributed by atoms with Crippen molar-refractivity contribution in [1.82, 2.24) is 14.2 Å². The van der Waals surface area contributed by atoms with E-state index < -0.39 is 10.3 Å². The maximum Gasteiger partial charge on any atom is 0.429 e. The third-order valence-electron chi connectivity index (χ3n) is 2.93. The molecule has 0 aliphatic heterocycles. The summed E-state index contributed by atoms with van der Waals surface area (Å²) < 4.78 is 30.6. The van der Waals surface area contributed by atoms with Crippen molar-refractivity contribution < 1.29 is 12.6 Å². The molecule has 0 amide bonds.